The lowest BCUT2D eigenvalue weighted by atomic mass is 10.3. The maximum absolute atomic E-state index is 11.8. The van der Waals surface area contributed by atoms with E-state index in [-0.39, 0.29) is 35.9 Å². The monoisotopic (exact) mass is 510 g/mol. The maximum Gasteiger partial charge on any atom is 0.222 e. The number of thioether (sulfide) groups is 1. The van der Waals surface area contributed by atoms with Crippen molar-refractivity contribution < 1.29 is 4.79 Å². The van der Waals surface area contributed by atoms with Gasteiger partial charge in [-0.1, -0.05) is 18.5 Å². The van der Waals surface area contributed by atoms with Crippen molar-refractivity contribution in [1.29, 1.82) is 0 Å². The molecule has 2 N–H and O–H groups in total. The number of aliphatic imine (C=N–C) groups is 1. The number of hydrogen-bond donors (Lipinski definition) is 2. The van der Waals surface area contributed by atoms with E-state index in [1.54, 1.807) is 11.8 Å². The molecule has 1 fully saturated rings. The van der Waals surface area contributed by atoms with Gasteiger partial charge in [0.05, 0.1) is 6.54 Å². The molecule has 0 saturated carbocycles. The number of hydrogen-bond acceptors (Lipinski definition) is 3. The third-order valence-electron chi connectivity index (χ3n) is 3.97. The number of halogens is 2. The molecule has 8 heteroatoms. The van der Waals surface area contributed by atoms with Gasteiger partial charge in [-0.2, -0.15) is 0 Å². The molecule has 1 aliphatic heterocycles. The van der Waals surface area contributed by atoms with Crippen LogP contribution in [0.15, 0.2) is 34.2 Å². The Bertz CT molecular complexity index is 585. The fourth-order valence-electron chi connectivity index (χ4n) is 2.69. The largest absolute Gasteiger partial charge is 0.357 e. The quantitative estimate of drug-likeness (QED) is 0.193. The fraction of sp³-hybridized carbons (Fsp3) is 0.556. The van der Waals surface area contributed by atoms with E-state index in [2.05, 4.69) is 22.5 Å². The fourth-order valence-corrected chi connectivity index (χ4v) is 3.57. The highest BCUT2D eigenvalue weighted by Crippen LogP contribution is 2.20. The molecule has 1 amide bonds. The Morgan fingerprint density at radius 1 is 1.35 bits per heavy atom. The first-order valence-corrected chi connectivity index (χ1v) is 10.2. The number of nitrogens with one attached hydrogen (secondary N) is 2. The van der Waals surface area contributed by atoms with Gasteiger partial charge in [0.25, 0.3) is 0 Å². The molecule has 2 rings (SSSR count). The van der Waals surface area contributed by atoms with E-state index in [9.17, 15) is 4.79 Å². The summed E-state index contributed by atoms with van der Waals surface area (Å²) in [6.45, 7) is 7.11. The molecule has 1 atom stereocenters. The number of nitrogens with zero attached hydrogens (tertiary/aromatic N) is 2. The summed E-state index contributed by atoms with van der Waals surface area (Å²) in [6, 6.07) is 8.14. The van der Waals surface area contributed by atoms with Gasteiger partial charge >= 0.3 is 0 Å². The van der Waals surface area contributed by atoms with Gasteiger partial charge in [0.2, 0.25) is 5.91 Å². The first-order valence-electron chi connectivity index (χ1n) is 8.83. The van der Waals surface area contributed by atoms with Crippen LogP contribution in [0, 0.1) is 0 Å². The number of likely N-dealkylation sites (tertiary alicyclic amines) is 1. The molecular formula is C18H28ClIN4OS. The molecule has 146 valence electrons. The summed E-state index contributed by atoms with van der Waals surface area (Å²) >= 11 is 7.66. The lowest BCUT2D eigenvalue weighted by Gasteiger charge is -2.18. The average Bonchev–Trinajstić information content (AvgIpc) is 3.08. The van der Waals surface area contributed by atoms with E-state index in [4.69, 9.17) is 11.6 Å². The minimum absolute atomic E-state index is 0. The lowest BCUT2D eigenvalue weighted by molar-refractivity contribution is -0.129. The van der Waals surface area contributed by atoms with Crippen molar-refractivity contribution in [3.05, 3.63) is 29.3 Å². The minimum Gasteiger partial charge on any atom is -0.357 e. The van der Waals surface area contributed by atoms with Crippen LogP contribution in [0.5, 0.6) is 0 Å². The second-order valence-corrected chi connectivity index (χ2v) is 7.49. The molecule has 0 radical (unpaired) electrons. The summed E-state index contributed by atoms with van der Waals surface area (Å²) < 4.78 is 0. The first-order chi connectivity index (χ1) is 12.1. The molecule has 1 aliphatic rings. The zero-order valence-electron chi connectivity index (χ0n) is 15.3. The van der Waals surface area contributed by atoms with Crippen molar-refractivity contribution in [2.24, 2.45) is 4.99 Å². The third-order valence-corrected chi connectivity index (χ3v) is 5.22. The van der Waals surface area contributed by atoms with E-state index >= 15 is 0 Å². The molecule has 5 nitrogen and oxygen atoms in total. The standard InChI is InChI=1S/C18H27ClN4OS.HI/c1-3-17(24)23-11-9-15(13-23)22-18(20-4-2)21-10-12-25-16-7-5-14(19)6-8-16;/h5-8,15H,3-4,9-13H2,1-2H3,(H2,20,21,22);1H. The van der Waals surface area contributed by atoms with E-state index < -0.39 is 0 Å². The topological polar surface area (TPSA) is 56.7 Å². The lowest BCUT2D eigenvalue weighted by Crippen LogP contribution is -2.45. The summed E-state index contributed by atoms with van der Waals surface area (Å²) in [5, 5.41) is 7.49. The zero-order chi connectivity index (χ0) is 18.1. The molecule has 0 aliphatic carbocycles. The number of carbonyl (C=O) groups is 1. The highest BCUT2D eigenvalue weighted by atomic mass is 127. The minimum atomic E-state index is 0. The van der Waals surface area contributed by atoms with Crippen molar-refractivity contribution in [3.63, 3.8) is 0 Å². The number of rotatable bonds is 7. The third kappa shape index (κ3) is 7.92. The van der Waals surface area contributed by atoms with Gasteiger partial charge < -0.3 is 15.5 Å². The molecule has 1 unspecified atom stereocenters. The van der Waals surface area contributed by atoms with Crippen LogP contribution in [0.3, 0.4) is 0 Å². The molecule has 26 heavy (non-hydrogen) atoms. The predicted octanol–water partition coefficient (Wildman–Crippen LogP) is 3.62. The summed E-state index contributed by atoms with van der Waals surface area (Å²) in [5.74, 6) is 1.96. The highest BCUT2D eigenvalue weighted by molar-refractivity contribution is 14.0. The second kappa shape index (κ2) is 12.7. The Morgan fingerprint density at radius 3 is 2.73 bits per heavy atom. The zero-order valence-corrected chi connectivity index (χ0v) is 19.2. The summed E-state index contributed by atoms with van der Waals surface area (Å²) in [7, 11) is 0. The smallest absolute Gasteiger partial charge is 0.222 e. The Labute approximate surface area is 182 Å². The van der Waals surface area contributed by atoms with Crippen molar-refractivity contribution in [1.82, 2.24) is 15.5 Å². The molecule has 0 aromatic heterocycles. The van der Waals surface area contributed by atoms with Crippen LogP contribution >= 0.6 is 47.3 Å². The summed E-state index contributed by atoms with van der Waals surface area (Å²) in [6.07, 6.45) is 1.54. The average molecular weight is 511 g/mol. The van der Waals surface area contributed by atoms with E-state index in [0.717, 1.165) is 49.3 Å². The van der Waals surface area contributed by atoms with Crippen molar-refractivity contribution in [3.8, 4) is 0 Å². The second-order valence-electron chi connectivity index (χ2n) is 5.89. The maximum atomic E-state index is 11.8. The molecule has 1 aromatic carbocycles. The first kappa shape index (κ1) is 23.4. The molecular weight excluding hydrogens is 483 g/mol. The van der Waals surface area contributed by atoms with E-state index in [0.29, 0.717) is 6.42 Å². The summed E-state index contributed by atoms with van der Waals surface area (Å²) in [5.41, 5.74) is 0. The van der Waals surface area contributed by atoms with Gasteiger partial charge in [-0.15, -0.1) is 35.7 Å². The van der Waals surface area contributed by atoms with Gasteiger partial charge in [0, 0.05) is 47.8 Å². The van der Waals surface area contributed by atoms with Gasteiger partial charge in [0.1, 0.15) is 0 Å². The highest BCUT2D eigenvalue weighted by Gasteiger charge is 2.25. The van der Waals surface area contributed by atoms with Gasteiger partial charge in [-0.3, -0.25) is 9.79 Å². The molecule has 0 bridgehead atoms. The Hall–Kier alpha value is -0.670. The van der Waals surface area contributed by atoms with Gasteiger partial charge in [-0.25, -0.2) is 0 Å². The van der Waals surface area contributed by atoms with Gasteiger partial charge in [-0.05, 0) is 37.6 Å². The molecule has 0 spiro atoms. The van der Waals surface area contributed by atoms with Crippen LogP contribution in [0.1, 0.15) is 26.7 Å². The number of carbonyl (C=O) groups excluding carboxylic acids is 1. The van der Waals surface area contributed by atoms with Crippen molar-refractivity contribution >= 4 is 59.2 Å². The Morgan fingerprint density at radius 2 is 2.08 bits per heavy atom. The number of amides is 1. The summed E-state index contributed by atoms with van der Waals surface area (Å²) in [4.78, 5) is 19.5. The predicted molar refractivity (Wildman–Crippen MR) is 122 cm³/mol. The van der Waals surface area contributed by atoms with Crippen LogP contribution in [0.4, 0.5) is 0 Å². The van der Waals surface area contributed by atoms with Crippen LogP contribution < -0.4 is 10.6 Å². The van der Waals surface area contributed by atoms with Crippen molar-refractivity contribution in [2.75, 3.05) is 31.9 Å². The van der Waals surface area contributed by atoms with E-state index in [1.165, 1.54) is 4.90 Å². The molecule has 1 heterocycles. The Kier molecular flexibility index (Phi) is 11.4. The van der Waals surface area contributed by atoms with Crippen molar-refractivity contribution in [2.45, 2.75) is 37.6 Å². The normalized spacial score (nSPS) is 17.0. The Balaban J connectivity index is 0.00000338. The van der Waals surface area contributed by atoms with Crippen LogP contribution in [0.25, 0.3) is 0 Å². The van der Waals surface area contributed by atoms with E-state index in [1.807, 2.05) is 36.1 Å². The van der Waals surface area contributed by atoms with Crippen LogP contribution in [-0.4, -0.2) is 54.7 Å². The van der Waals surface area contributed by atoms with Crippen LogP contribution in [0.2, 0.25) is 5.02 Å². The molecule has 1 aromatic rings. The number of guanidine groups is 1. The number of benzene rings is 1. The molecule has 1 saturated heterocycles. The van der Waals surface area contributed by atoms with Crippen LogP contribution in [-0.2, 0) is 4.79 Å². The SMILES string of the molecule is CCNC(=NCCSc1ccc(Cl)cc1)NC1CCN(C(=O)CC)C1.I. The van der Waals surface area contributed by atoms with Gasteiger partial charge in [0.15, 0.2) is 5.96 Å².